The van der Waals surface area contributed by atoms with Gasteiger partial charge in [-0.3, -0.25) is 19.8 Å². The second-order valence-electron chi connectivity index (χ2n) is 5.00. The maximum Gasteiger partial charge on any atom is 0.274 e. The van der Waals surface area contributed by atoms with Crippen LogP contribution in [0.5, 0.6) is 0 Å². The SMILES string of the molecule is NC(=O)c1ccc(CN2CCC[C@H](O)C2)c([N+](=O)[O-])c1. The molecule has 1 heterocycles. The molecular weight excluding hydrogens is 262 g/mol. The van der Waals surface area contributed by atoms with Crippen molar-refractivity contribution in [3.63, 3.8) is 0 Å². The van der Waals surface area contributed by atoms with E-state index in [9.17, 15) is 20.0 Å². The molecule has 1 saturated heterocycles. The number of aliphatic hydroxyl groups excluding tert-OH is 1. The van der Waals surface area contributed by atoms with Gasteiger partial charge in [-0.25, -0.2) is 0 Å². The number of piperidine rings is 1. The van der Waals surface area contributed by atoms with Crippen LogP contribution in [0.3, 0.4) is 0 Å². The van der Waals surface area contributed by atoms with E-state index < -0.39 is 10.8 Å². The third kappa shape index (κ3) is 3.31. The van der Waals surface area contributed by atoms with Gasteiger partial charge >= 0.3 is 0 Å². The van der Waals surface area contributed by atoms with Crippen molar-refractivity contribution in [1.29, 1.82) is 0 Å². The lowest BCUT2D eigenvalue weighted by Gasteiger charge is -2.29. The number of primary amides is 1. The van der Waals surface area contributed by atoms with Crippen LogP contribution in [0.15, 0.2) is 18.2 Å². The highest BCUT2D eigenvalue weighted by molar-refractivity contribution is 5.93. The van der Waals surface area contributed by atoms with Crippen molar-refractivity contribution in [2.75, 3.05) is 13.1 Å². The summed E-state index contributed by atoms with van der Waals surface area (Å²) >= 11 is 0. The van der Waals surface area contributed by atoms with Gasteiger partial charge < -0.3 is 10.8 Å². The van der Waals surface area contributed by atoms with Crippen molar-refractivity contribution in [1.82, 2.24) is 4.90 Å². The summed E-state index contributed by atoms with van der Waals surface area (Å²) in [5, 5.41) is 20.7. The Morgan fingerprint density at radius 2 is 2.30 bits per heavy atom. The number of hydrogen-bond donors (Lipinski definition) is 2. The van der Waals surface area contributed by atoms with Gasteiger partial charge in [0.25, 0.3) is 5.69 Å². The largest absolute Gasteiger partial charge is 0.392 e. The van der Waals surface area contributed by atoms with Crippen molar-refractivity contribution < 1.29 is 14.8 Å². The number of nitro groups is 1. The van der Waals surface area contributed by atoms with Crippen molar-refractivity contribution in [2.45, 2.75) is 25.5 Å². The monoisotopic (exact) mass is 279 g/mol. The van der Waals surface area contributed by atoms with E-state index in [0.29, 0.717) is 18.7 Å². The van der Waals surface area contributed by atoms with Crippen LogP contribution in [-0.4, -0.2) is 40.0 Å². The molecule has 1 aromatic rings. The summed E-state index contributed by atoms with van der Waals surface area (Å²) in [6.45, 7) is 1.69. The maximum absolute atomic E-state index is 11.1. The molecule has 108 valence electrons. The number of likely N-dealkylation sites (tertiary alicyclic amines) is 1. The number of nitrogens with two attached hydrogens (primary N) is 1. The van der Waals surface area contributed by atoms with Crippen LogP contribution in [0, 0.1) is 10.1 Å². The highest BCUT2D eigenvalue weighted by atomic mass is 16.6. The Balaban J connectivity index is 2.22. The number of rotatable bonds is 4. The van der Waals surface area contributed by atoms with Gasteiger partial charge in [-0.2, -0.15) is 0 Å². The first-order valence-electron chi connectivity index (χ1n) is 6.45. The highest BCUT2D eigenvalue weighted by Crippen LogP contribution is 2.23. The molecule has 7 nitrogen and oxygen atoms in total. The van der Waals surface area contributed by atoms with Crippen LogP contribution in [0.1, 0.15) is 28.8 Å². The molecule has 0 spiro atoms. The standard InChI is InChI=1S/C13H17N3O4/c14-13(18)9-3-4-10(12(6-9)16(19)20)7-15-5-1-2-11(17)8-15/h3-4,6,11,17H,1-2,5,7-8H2,(H2,14,18)/t11-/m0/s1. The van der Waals surface area contributed by atoms with Crippen molar-refractivity contribution in [3.8, 4) is 0 Å². The number of amides is 1. The first kappa shape index (κ1) is 14.4. The van der Waals surface area contributed by atoms with E-state index in [1.165, 1.54) is 12.1 Å². The fraction of sp³-hybridized carbons (Fsp3) is 0.462. The first-order chi connectivity index (χ1) is 9.47. The molecule has 20 heavy (non-hydrogen) atoms. The Kier molecular flexibility index (Phi) is 4.31. The molecule has 1 fully saturated rings. The predicted octanol–water partition coefficient (Wildman–Crippen LogP) is 0.650. The molecule has 0 aromatic heterocycles. The molecule has 3 N–H and O–H groups in total. The summed E-state index contributed by atoms with van der Waals surface area (Å²) in [5.41, 5.74) is 5.67. The van der Waals surface area contributed by atoms with Crippen molar-refractivity contribution >= 4 is 11.6 Å². The lowest BCUT2D eigenvalue weighted by Crippen LogP contribution is -2.37. The van der Waals surface area contributed by atoms with Gasteiger partial charge in [0.05, 0.1) is 11.0 Å². The van der Waals surface area contributed by atoms with E-state index in [1.54, 1.807) is 6.07 Å². The zero-order valence-corrected chi connectivity index (χ0v) is 11.0. The maximum atomic E-state index is 11.1. The molecule has 0 bridgehead atoms. The minimum absolute atomic E-state index is 0.110. The molecule has 0 radical (unpaired) electrons. The topological polar surface area (TPSA) is 110 Å². The van der Waals surface area contributed by atoms with E-state index in [4.69, 9.17) is 5.73 Å². The van der Waals surface area contributed by atoms with Gasteiger partial charge in [0, 0.05) is 30.3 Å². The molecule has 1 atom stereocenters. The van der Waals surface area contributed by atoms with E-state index in [1.807, 2.05) is 4.90 Å². The second kappa shape index (κ2) is 5.98. The van der Waals surface area contributed by atoms with E-state index in [2.05, 4.69) is 0 Å². The molecule has 0 saturated carbocycles. The second-order valence-corrected chi connectivity index (χ2v) is 5.00. The quantitative estimate of drug-likeness (QED) is 0.621. The van der Waals surface area contributed by atoms with Crippen LogP contribution < -0.4 is 5.73 Å². The molecular formula is C13H17N3O4. The average molecular weight is 279 g/mol. The minimum Gasteiger partial charge on any atom is -0.392 e. The molecule has 1 aliphatic heterocycles. The van der Waals surface area contributed by atoms with Gasteiger partial charge in [-0.1, -0.05) is 6.07 Å². The molecule has 0 unspecified atom stereocenters. The van der Waals surface area contributed by atoms with Crippen LogP contribution in [-0.2, 0) is 6.54 Å². The first-order valence-corrected chi connectivity index (χ1v) is 6.45. The van der Waals surface area contributed by atoms with Gasteiger partial charge in [0.15, 0.2) is 0 Å². The van der Waals surface area contributed by atoms with Crippen molar-refractivity contribution in [2.24, 2.45) is 5.73 Å². The zero-order valence-electron chi connectivity index (χ0n) is 11.0. The lowest BCUT2D eigenvalue weighted by molar-refractivity contribution is -0.385. The average Bonchev–Trinajstić information content (AvgIpc) is 2.38. The van der Waals surface area contributed by atoms with Gasteiger partial charge in [-0.05, 0) is 25.5 Å². The van der Waals surface area contributed by atoms with Crippen LogP contribution >= 0.6 is 0 Å². The molecule has 7 heteroatoms. The number of benzene rings is 1. The van der Waals surface area contributed by atoms with Gasteiger partial charge in [0.1, 0.15) is 0 Å². The predicted molar refractivity (Wildman–Crippen MR) is 72.1 cm³/mol. The summed E-state index contributed by atoms with van der Waals surface area (Å²) in [7, 11) is 0. The normalized spacial score (nSPS) is 19.8. The highest BCUT2D eigenvalue weighted by Gasteiger charge is 2.22. The Morgan fingerprint density at radius 1 is 1.55 bits per heavy atom. The van der Waals surface area contributed by atoms with E-state index in [0.717, 1.165) is 19.4 Å². The molecule has 1 aliphatic rings. The fourth-order valence-electron chi connectivity index (χ4n) is 2.44. The van der Waals surface area contributed by atoms with Crippen LogP contribution in [0.4, 0.5) is 5.69 Å². The summed E-state index contributed by atoms with van der Waals surface area (Å²) in [6.07, 6.45) is 1.25. The Morgan fingerprint density at radius 3 is 2.90 bits per heavy atom. The number of nitro benzene ring substituents is 1. The van der Waals surface area contributed by atoms with Crippen LogP contribution in [0.25, 0.3) is 0 Å². The van der Waals surface area contributed by atoms with E-state index in [-0.39, 0.29) is 17.4 Å². The summed E-state index contributed by atoms with van der Waals surface area (Å²) < 4.78 is 0. The van der Waals surface area contributed by atoms with Gasteiger partial charge in [0.2, 0.25) is 5.91 Å². The fourth-order valence-corrected chi connectivity index (χ4v) is 2.44. The van der Waals surface area contributed by atoms with E-state index >= 15 is 0 Å². The number of carbonyl (C=O) groups excluding carboxylic acids is 1. The zero-order chi connectivity index (χ0) is 14.7. The number of β-amino-alcohol motifs (C(OH)–C–C–N with tert-alkyl or cyclic N) is 1. The Hall–Kier alpha value is -1.99. The third-order valence-electron chi connectivity index (χ3n) is 3.44. The van der Waals surface area contributed by atoms with Crippen molar-refractivity contribution in [3.05, 3.63) is 39.4 Å². The molecule has 1 aromatic carbocycles. The third-order valence-corrected chi connectivity index (χ3v) is 3.44. The van der Waals surface area contributed by atoms with Gasteiger partial charge in [-0.15, -0.1) is 0 Å². The molecule has 1 amide bonds. The van der Waals surface area contributed by atoms with Crippen LogP contribution in [0.2, 0.25) is 0 Å². The summed E-state index contributed by atoms with van der Waals surface area (Å²) in [6, 6.07) is 4.25. The molecule has 0 aliphatic carbocycles. The number of carbonyl (C=O) groups is 1. The smallest absolute Gasteiger partial charge is 0.274 e. The lowest BCUT2D eigenvalue weighted by atomic mass is 10.0. The summed E-state index contributed by atoms with van der Waals surface area (Å²) in [4.78, 5) is 23.6. The molecule has 2 rings (SSSR count). The number of nitrogens with zero attached hydrogens (tertiary/aromatic N) is 2. The summed E-state index contributed by atoms with van der Waals surface area (Å²) in [5.74, 6) is -0.687. The number of hydrogen-bond acceptors (Lipinski definition) is 5. The Labute approximate surface area is 116 Å². The number of aliphatic hydroxyl groups is 1. The Bertz CT molecular complexity index is 532. The minimum atomic E-state index is -0.687.